The van der Waals surface area contributed by atoms with Gasteiger partial charge in [0.25, 0.3) is 11.8 Å². The van der Waals surface area contributed by atoms with Crippen molar-refractivity contribution in [3.8, 4) is 0 Å². The highest BCUT2D eigenvalue weighted by Crippen LogP contribution is 2.13. The highest BCUT2D eigenvalue weighted by atomic mass is 19.1. The first-order valence-corrected chi connectivity index (χ1v) is 5.36. The summed E-state index contributed by atoms with van der Waals surface area (Å²) in [5.41, 5.74) is 1.23. The van der Waals surface area contributed by atoms with Gasteiger partial charge in [-0.3, -0.25) is 14.5 Å². The molecular formula is C13H12FNO2. The van der Waals surface area contributed by atoms with Crippen molar-refractivity contribution in [2.24, 2.45) is 0 Å². The molecule has 0 bridgehead atoms. The van der Waals surface area contributed by atoms with Crippen LogP contribution in [0.2, 0.25) is 0 Å². The largest absolute Gasteiger partial charge is 0.275 e. The molecule has 0 fully saturated rings. The van der Waals surface area contributed by atoms with Gasteiger partial charge in [-0.1, -0.05) is 12.1 Å². The Morgan fingerprint density at radius 1 is 1.29 bits per heavy atom. The number of hydrogen-bond donors (Lipinski definition) is 0. The molecule has 0 radical (unpaired) electrons. The lowest BCUT2D eigenvalue weighted by Crippen LogP contribution is -2.32. The fourth-order valence-electron chi connectivity index (χ4n) is 1.78. The lowest BCUT2D eigenvalue weighted by Gasteiger charge is -2.14. The van der Waals surface area contributed by atoms with Crippen molar-refractivity contribution >= 4 is 11.8 Å². The van der Waals surface area contributed by atoms with Gasteiger partial charge in [0.2, 0.25) is 0 Å². The Kier molecular flexibility index (Phi) is 3.04. The zero-order valence-corrected chi connectivity index (χ0v) is 9.44. The number of amides is 2. The van der Waals surface area contributed by atoms with Crippen molar-refractivity contribution < 1.29 is 14.0 Å². The van der Waals surface area contributed by atoms with E-state index >= 15 is 0 Å². The van der Waals surface area contributed by atoms with Crippen LogP contribution in [-0.2, 0) is 16.0 Å². The molecule has 1 aliphatic heterocycles. The van der Waals surface area contributed by atoms with Gasteiger partial charge in [-0.05, 0) is 31.0 Å². The average Bonchev–Trinajstić information content (AvgIpc) is 2.51. The molecule has 3 nitrogen and oxygen atoms in total. The third kappa shape index (κ3) is 2.41. The maximum absolute atomic E-state index is 12.9. The quantitative estimate of drug-likeness (QED) is 0.745. The molecule has 1 aliphatic rings. The molecule has 1 heterocycles. The highest BCUT2D eigenvalue weighted by molar-refractivity contribution is 6.15. The van der Waals surface area contributed by atoms with Crippen LogP contribution in [0.5, 0.6) is 0 Å². The normalized spacial score (nSPS) is 15.4. The first-order valence-electron chi connectivity index (χ1n) is 5.36. The van der Waals surface area contributed by atoms with Gasteiger partial charge < -0.3 is 0 Å². The summed E-state index contributed by atoms with van der Waals surface area (Å²) in [6.07, 6.45) is 1.80. The molecule has 2 rings (SSSR count). The molecule has 17 heavy (non-hydrogen) atoms. The predicted molar refractivity (Wildman–Crippen MR) is 60.6 cm³/mol. The summed E-state index contributed by atoms with van der Waals surface area (Å²) in [4.78, 5) is 24.2. The Bertz CT molecular complexity index is 508. The van der Waals surface area contributed by atoms with E-state index in [0.717, 1.165) is 5.56 Å². The van der Waals surface area contributed by atoms with Crippen LogP contribution in [0.25, 0.3) is 0 Å². The molecule has 1 aromatic carbocycles. The summed E-state index contributed by atoms with van der Waals surface area (Å²) in [5.74, 6) is -0.855. The Labute approximate surface area is 98.5 Å². The minimum absolute atomic E-state index is 0.258. The minimum atomic E-state index is -0.309. The summed E-state index contributed by atoms with van der Waals surface area (Å²) in [6, 6.07) is 6.16. The number of carbonyl (C=O) groups excluding carboxylic acids is 2. The summed E-state index contributed by atoms with van der Waals surface area (Å²) >= 11 is 0. The van der Waals surface area contributed by atoms with Crippen molar-refractivity contribution in [1.82, 2.24) is 4.90 Å². The second-order valence-corrected chi connectivity index (χ2v) is 4.00. The van der Waals surface area contributed by atoms with Crippen molar-refractivity contribution in [1.29, 1.82) is 0 Å². The standard InChI is InChI=1S/C13H12FNO2/c1-9-7-12(16)15(13(9)17)6-5-10-3-2-4-11(14)8-10/h2-4,7-8H,5-6H2,1H3. The van der Waals surface area contributed by atoms with Gasteiger partial charge in [-0.15, -0.1) is 0 Å². The molecule has 2 amide bonds. The van der Waals surface area contributed by atoms with Crippen molar-refractivity contribution in [2.45, 2.75) is 13.3 Å². The maximum atomic E-state index is 12.9. The molecule has 0 spiro atoms. The number of imide groups is 1. The van der Waals surface area contributed by atoms with Gasteiger partial charge >= 0.3 is 0 Å². The van der Waals surface area contributed by atoms with Crippen LogP contribution in [0.15, 0.2) is 35.9 Å². The van der Waals surface area contributed by atoms with Crippen LogP contribution in [0, 0.1) is 5.82 Å². The topological polar surface area (TPSA) is 37.4 Å². The van der Waals surface area contributed by atoms with E-state index in [1.165, 1.54) is 23.1 Å². The number of carbonyl (C=O) groups is 2. The molecule has 0 N–H and O–H groups in total. The maximum Gasteiger partial charge on any atom is 0.256 e. The van der Waals surface area contributed by atoms with Gasteiger partial charge in [-0.2, -0.15) is 0 Å². The lowest BCUT2D eigenvalue weighted by atomic mass is 10.1. The van der Waals surface area contributed by atoms with Gasteiger partial charge in [0.05, 0.1) is 0 Å². The van der Waals surface area contributed by atoms with E-state index in [0.29, 0.717) is 12.0 Å². The Morgan fingerprint density at radius 2 is 2.06 bits per heavy atom. The number of halogens is 1. The SMILES string of the molecule is CC1=CC(=O)N(CCc2cccc(F)c2)C1=O. The number of hydrogen-bond acceptors (Lipinski definition) is 2. The Hall–Kier alpha value is -1.97. The summed E-state index contributed by atoms with van der Waals surface area (Å²) < 4.78 is 12.9. The first-order chi connectivity index (χ1) is 8.08. The van der Waals surface area contributed by atoms with Crippen LogP contribution in [-0.4, -0.2) is 23.3 Å². The van der Waals surface area contributed by atoms with Crippen LogP contribution >= 0.6 is 0 Å². The predicted octanol–water partition coefficient (Wildman–Crippen LogP) is 1.68. The minimum Gasteiger partial charge on any atom is -0.275 e. The second kappa shape index (κ2) is 4.49. The summed E-state index contributed by atoms with van der Waals surface area (Å²) in [5, 5.41) is 0. The van der Waals surface area contributed by atoms with Crippen molar-refractivity contribution in [3.63, 3.8) is 0 Å². The summed E-state index contributed by atoms with van der Waals surface area (Å²) in [6.45, 7) is 1.90. The van der Waals surface area contributed by atoms with Crippen LogP contribution in [0.4, 0.5) is 4.39 Å². The van der Waals surface area contributed by atoms with Crippen LogP contribution in [0.3, 0.4) is 0 Å². The van der Waals surface area contributed by atoms with Crippen LogP contribution < -0.4 is 0 Å². The molecule has 4 heteroatoms. The average molecular weight is 233 g/mol. The highest BCUT2D eigenvalue weighted by Gasteiger charge is 2.27. The molecule has 0 saturated carbocycles. The number of benzene rings is 1. The third-order valence-electron chi connectivity index (χ3n) is 2.70. The zero-order valence-electron chi connectivity index (χ0n) is 9.44. The second-order valence-electron chi connectivity index (χ2n) is 4.00. The smallest absolute Gasteiger partial charge is 0.256 e. The number of rotatable bonds is 3. The van der Waals surface area contributed by atoms with Gasteiger partial charge in [-0.25, -0.2) is 4.39 Å². The molecular weight excluding hydrogens is 221 g/mol. The Balaban J connectivity index is 2.00. The monoisotopic (exact) mass is 233 g/mol. The van der Waals surface area contributed by atoms with Crippen LogP contribution in [0.1, 0.15) is 12.5 Å². The van der Waals surface area contributed by atoms with Gasteiger partial charge in [0.1, 0.15) is 5.82 Å². The fourth-order valence-corrected chi connectivity index (χ4v) is 1.78. The fraction of sp³-hybridized carbons (Fsp3) is 0.231. The van der Waals surface area contributed by atoms with E-state index in [2.05, 4.69) is 0 Å². The van der Waals surface area contributed by atoms with Gasteiger partial charge in [0, 0.05) is 18.2 Å². The summed E-state index contributed by atoms with van der Waals surface area (Å²) in [7, 11) is 0. The zero-order chi connectivity index (χ0) is 12.4. The molecule has 0 aliphatic carbocycles. The van der Waals surface area contributed by atoms with Gasteiger partial charge in [0.15, 0.2) is 0 Å². The molecule has 0 unspecified atom stereocenters. The van der Waals surface area contributed by atoms with E-state index in [9.17, 15) is 14.0 Å². The van der Waals surface area contributed by atoms with E-state index in [1.807, 2.05) is 0 Å². The molecule has 88 valence electrons. The number of nitrogens with zero attached hydrogens (tertiary/aromatic N) is 1. The van der Waals surface area contributed by atoms with Crippen molar-refractivity contribution in [2.75, 3.05) is 6.54 Å². The van der Waals surface area contributed by atoms with E-state index in [4.69, 9.17) is 0 Å². The molecule has 0 atom stereocenters. The van der Waals surface area contributed by atoms with E-state index in [1.54, 1.807) is 19.1 Å². The lowest BCUT2D eigenvalue weighted by molar-refractivity contribution is -0.137. The van der Waals surface area contributed by atoms with Crippen molar-refractivity contribution in [3.05, 3.63) is 47.3 Å². The van der Waals surface area contributed by atoms with E-state index < -0.39 is 0 Å². The molecule has 0 aromatic heterocycles. The first kappa shape index (κ1) is 11.5. The molecule has 1 aromatic rings. The third-order valence-corrected chi connectivity index (χ3v) is 2.70. The molecule has 0 saturated heterocycles. The van der Waals surface area contributed by atoms with E-state index in [-0.39, 0.29) is 24.2 Å². The Morgan fingerprint density at radius 3 is 2.65 bits per heavy atom.